The third-order valence-electron chi connectivity index (χ3n) is 3.69. The van der Waals surface area contributed by atoms with Gasteiger partial charge in [-0.2, -0.15) is 13.2 Å². The molecule has 1 aromatic carbocycles. The zero-order valence-corrected chi connectivity index (χ0v) is 14.0. The quantitative estimate of drug-likeness (QED) is 0.698. The lowest BCUT2D eigenvalue weighted by Crippen LogP contribution is -2.13. The number of rotatable bonds is 5. The molecule has 3 rings (SSSR count). The van der Waals surface area contributed by atoms with Gasteiger partial charge in [0, 0.05) is 36.4 Å². The van der Waals surface area contributed by atoms with Crippen molar-refractivity contribution in [3.05, 3.63) is 83.8 Å². The number of anilines is 2. The minimum absolute atomic E-state index is 0.273. The third-order valence-corrected chi connectivity index (χ3v) is 3.69. The number of nitrogens with one attached hydrogen (secondary N) is 2. The molecule has 3 aromatic rings. The van der Waals surface area contributed by atoms with Gasteiger partial charge in [-0.25, -0.2) is 4.98 Å². The molecule has 2 aromatic heterocycles. The van der Waals surface area contributed by atoms with Crippen LogP contribution in [-0.4, -0.2) is 15.9 Å². The van der Waals surface area contributed by atoms with Gasteiger partial charge in [0.1, 0.15) is 5.82 Å². The monoisotopic (exact) mass is 372 g/mol. The smallest absolute Gasteiger partial charge is 0.366 e. The Morgan fingerprint density at radius 2 is 1.81 bits per heavy atom. The van der Waals surface area contributed by atoms with E-state index in [9.17, 15) is 18.0 Å². The van der Waals surface area contributed by atoms with Crippen molar-refractivity contribution in [2.45, 2.75) is 12.7 Å². The summed E-state index contributed by atoms with van der Waals surface area (Å²) in [5.41, 5.74) is 0.790. The van der Waals surface area contributed by atoms with E-state index >= 15 is 0 Å². The number of amides is 1. The Morgan fingerprint density at radius 1 is 1.04 bits per heavy atom. The Kier molecular flexibility index (Phi) is 5.35. The first-order valence-corrected chi connectivity index (χ1v) is 7.99. The van der Waals surface area contributed by atoms with Crippen molar-refractivity contribution < 1.29 is 18.0 Å². The van der Waals surface area contributed by atoms with E-state index < -0.39 is 17.6 Å². The van der Waals surface area contributed by atoms with E-state index in [1.807, 2.05) is 12.1 Å². The molecule has 0 unspecified atom stereocenters. The summed E-state index contributed by atoms with van der Waals surface area (Å²) in [4.78, 5) is 20.5. The van der Waals surface area contributed by atoms with Crippen molar-refractivity contribution in [1.82, 2.24) is 9.97 Å². The highest BCUT2D eigenvalue weighted by atomic mass is 19.4. The van der Waals surface area contributed by atoms with Gasteiger partial charge in [0.2, 0.25) is 0 Å². The van der Waals surface area contributed by atoms with Crippen molar-refractivity contribution in [3.8, 4) is 0 Å². The number of carbonyl (C=O) groups excluding carboxylic acids is 1. The fourth-order valence-corrected chi connectivity index (χ4v) is 2.31. The normalized spacial score (nSPS) is 11.1. The maximum atomic E-state index is 12.6. The van der Waals surface area contributed by atoms with Crippen LogP contribution in [0.3, 0.4) is 0 Å². The number of halogens is 3. The molecule has 0 spiro atoms. The van der Waals surface area contributed by atoms with Gasteiger partial charge in [0.15, 0.2) is 0 Å². The molecule has 0 fully saturated rings. The molecule has 0 atom stereocenters. The lowest BCUT2D eigenvalue weighted by Gasteiger charge is -2.10. The second kappa shape index (κ2) is 7.86. The summed E-state index contributed by atoms with van der Waals surface area (Å²) in [6, 6.07) is 11.1. The summed E-state index contributed by atoms with van der Waals surface area (Å²) < 4.78 is 37.7. The fourth-order valence-electron chi connectivity index (χ4n) is 2.31. The van der Waals surface area contributed by atoms with Gasteiger partial charge in [0.25, 0.3) is 5.91 Å². The highest BCUT2D eigenvalue weighted by Crippen LogP contribution is 2.29. The second-order valence-corrected chi connectivity index (χ2v) is 5.67. The van der Waals surface area contributed by atoms with Crippen LogP contribution in [-0.2, 0) is 12.7 Å². The Hall–Kier alpha value is -3.42. The van der Waals surface area contributed by atoms with Crippen LogP contribution in [0.25, 0.3) is 0 Å². The third kappa shape index (κ3) is 5.04. The average Bonchev–Trinajstić information content (AvgIpc) is 2.67. The molecule has 0 saturated heterocycles. The molecule has 1 amide bonds. The molecular formula is C19H15F3N4O. The van der Waals surface area contributed by atoms with Crippen molar-refractivity contribution >= 4 is 17.4 Å². The van der Waals surface area contributed by atoms with Crippen molar-refractivity contribution in [2.75, 3.05) is 10.6 Å². The molecule has 0 bridgehead atoms. The van der Waals surface area contributed by atoms with Gasteiger partial charge in [-0.1, -0.05) is 6.07 Å². The van der Waals surface area contributed by atoms with Gasteiger partial charge in [-0.15, -0.1) is 0 Å². The van der Waals surface area contributed by atoms with Crippen molar-refractivity contribution in [1.29, 1.82) is 0 Å². The molecule has 0 aliphatic rings. The van der Waals surface area contributed by atoms with Crippen LogP contribution < -0.4 is 10.6 Å². The summed E-state index contributed by atoms with van der Waals surface area (Å²) in [5.74, 6) is 0.0560. The summed E-state index contributed by atoms with van der Waals surface area (Å²) in [6.07, 6.45) is 0.456. The molecule has 0 aliphatic heterocycles. The van der Waals surface area contributed by atoms with E-state index in [-0.39, 0.29) is 5.69 Å². The average molecular weight is 372 g/mol. The van der Waals surface area contributed by atoms with Crippen LogP contribution >= 0.6 is 0 Å². The maximum Gasteiger partial charge on any atom is 0.416 e. The number of hydrogen-bond acceptors (Lipinski definition) is 4. The van der Waals surface area contributed by atoms with Crippen LogP contribution in [0.2, 0.25) is 0 Å². The largest absolute Gasteiger partial charge is 0.416 e. The minimum atomic E-state index is -4.41. The van der Waals surface area contributed by atoms with Crippen molar-refractivity contribution in [3.63, 3.8) is 0 Å². The van der Waals surface area contributed by atoms with Crippen LogP contribution in [0.5, 0.6) is 0 Å². The van der Waals surface area contributed by atoms with E-state index in [1.165, 1.54) is 24.4 Å². The molecule has 8 heteroatoms. The predicted octanol–water partition coefficient (Wildman–Crippen LogP) is 4.36. The lowest BCUT2D eigenvalue weighted by molar-refractivity contribution is -0.137. The number of carbonyl (C=O) groups is 1. The Bertz CT molecular complexity index is 912. The fraction of sp³-hybridized carbons (Fsp3) is 0.105. The summed E-state index contributed by atoms with van der Waals surface area (Å²) in [5, 5.41) is 5.65. The molecule has 0 saturated carbocycles. The Labute approximate surface area is 153 Å². The minimum Gasteiger partial charge on any atom is -0.366 e. The van der Waals surface area contributed by atoms with Crippen molar-refractivity contribution in [2.24, 2.45) is 0 Å². The summed E-state index contributed by atoms with van der Waals surface area (Å²) >= 11 is 0. The number of hydrogen-bond donors (Lipinski definition) is 2. The van der Waals surface area contributed by atoms with E-state index in [2.05, 4.69) is 20.6 Å². The van der Waals surface area contributed by atoms with E-state index in [4.69, 9.17) is 0 Å². The predicted molar refractivity (Wildman–Crippen MR) is 95.2 cm³/mol. The zero-order valence-electron chi connectivity index (χ0n) is 14.0. The van der Waals surface area contributed by atoms with E-state index in [0.29, 0.717) is 17.9 Å². The topological polar surface area (TPSA) is 66.9 Å². The first-order valence-electron chi connectivity index (χ1n) is 7.99. The molecule has 0 radical (unpaired) electrons. The van der Waals surface area contributed by atoms with Gasteiger partial charge in [0.05, 0.1) is 5.56 Å². The van der Waals surface area contributed by atoms with Gasteiger partial charge >= 0.3 is 6.18 Å². The highest BCUT2D eigenvalue weighted by Gasteiger charge is 2.30. The SMILES string of the molecule is O=C(Nc1ccc(C(F)(F)F)cc1)c1ccnc(NCc2cccnc2)c1. The molecule has 27 heavy (non-hydrogen) atoms. The van der Waals surface area contributed by atoms with Gasteiger partial charge in [-0.05, 0) is 48.0 Å². The van der Waals surface area contributed by atoms with Crippen LogP contribution in [0.15, 0.2) is 67.1 Å². The van der Waals surface area contributed by atoms with Gasteiger partial charge in [-0.3, -0.25) is 9.78 Å². The number of alkyl halides is 3. The van der Waals surface area contributed by atoms with E-state index in [1.54, 1.807) is 18.5 Å². The number of benzene rings is 1. The lowest BCUT2D eigenvalue weighted by atomic mass is 10.2. The molecule has 2 heterocycles. The first kappa shape index (κ1) is 18.4. The van der Waals surface area contributed by atoms with Crippen LogP contribution in [0, 0.1) is 0 Å². The maximum absolute atomic E-state index is 12.6. The molecule has 5 nitrogen and oxygen atoms in total. The van der Waals surface area contributed by atoms with E-state index in [0.717, 1.165) is 17.7 Å². The Balaban J connectivity index is 1.64. The molecule has 138 valence electrons. The second-order valence-electron chi connectivity index (χ2n) is 5.67. The van der Waals surface area contributed by atoms with Crippen LogP contribution in [0.1, 0.15) is 21.5 Å². The number of nitrogens with zero attached hydrogens (tertiary/aromatic N) is 2. The zero-order chi connectivity index (χ0) is 19.3. The van der Waals surface area contributed by atoms with Gasteiger partial charge < -0.3 is 10.6 Å². The molecular weight excluding hydrogens is 357 g/mol. The number of pyridine rings is 2. The standard InChI is InChI=1S/C19H15F3N4O/c20-19(21,22)15-3-5-16(6-4-15)26-18(27)14-7-9-24-17(10-14)25-12-13-2-1-8-23-11-13/h1-11H,12H2,(H,24,25)(H,26,27). The Morgan fingerprint density at radius 3 is 2.48 bits per heavy atom. The number of aromatic nitrogens is 2. The summed E-state index contributed by atoms with van der Waals surface area (Å²) in [7, 11) is 0. The molecule has 0 aliphatic carbocycles. The van der Waals surface area contributed by atoms with Crippen LogP contribution in [0.4, 0.5) is 24.7 Å². The molecule has 2 N–H and O–H groups in total. The highest BCUT2D eigenvalue weighted by molar-refractivity contribution is 6.04. The first-order chi connectivity index (χ1) is 12.9. The summed E-state index contributed by atoms with van der Waals surface area (Å²) in [6.45, 7) is 0.491.